The van der Waals surface area contributed by atoms with Gasteiger partial charge in [-0.25, -0.2) is 4.39 Å². The topological polar surface area (TPSA) is 87.1 Å². The molecule has 102 valence electrons. The van der Waals surface area contributed by atoms with Crippen LogP contribution in [0, 0.1) is 0 Å². The first kappa shape index (κ1) is 18.1. The van der Waals surface area contributed by atoms with Crippen molar-refractivity contribution < 1.29 is 37.7 Å². The van der Waals surface area contributed by atoms with Gasteiger partial charge < -0.3 is 10.2 Å². The van der Waals surface area contributed by atoms with Gasteiger partial charge in [-0.15, -0.1) is 0 Å². The van der Waals surface area contributed by atoms with Crippen LogP contribution in [-0.4, -0.2) is 34.1 Å². The van der Waals surface area contributed by atoms with Crippen LogP contribution in [0.3, 0.4) is 0 Å². The summed E-state index contributed by atoms with van der Waals surface area (Å²) in [6, 6.07) is 0. The Kier molecular flexibility index (Phi) is 7.55. The number of rotatable bonds is 2. The molecule has 5 nitrogen and oxygen atoms in total. The number of epoxide rings is 1. The lowest BCUT2D eigenvalue weighted by atomic mass is 10.5. The molecule has 0 aliphatic carbocycles. The number of aliphatic carboxylic acids is 2. The van der Waals surface area contributed by atoms with Crippen molar-refractivity contribution in [3.63, 3.8) is 0 Å². The second-order valence-corrected chi connectivity index (χ2v) is 3.03. The van der Waals surface area contributed by atoms with Crippen molar-refractivity contribution in [2.75, 3.05) is 0 Å². The smallest absolute Gasteiger partial charge is 0.417 e. The molecule has 1 rings (SSSR count). The quantitative estimate of drug-likeness (QED) is 0.743. The van der Waals surface area contributed by atoms with Gasteiger partial charge in [0.15, 0.2) is 0 Å². The minimum Gasteiger partial charge on any atom is -0.481 e. The van der Waals surface area contributed by atoms with Crippen LogP contribution >= 0.6 is 0 Å². The van der Waals surface area contributed by atoms with Crippen molar-refractivity contribution in [2.45, 2.75) is 45.6 Å². The predicted octanol–water partition coefficient (Wildman–Crippen LogP) is 2.26. The zero-order valence-electron chi connectivity index (χ0n) is 9.67. The summed E-state index contributed by atoms with van der Waals surface area (Å²) in [4.78, 5) is 18.7. The van der Waals surface area contributed by atoms with E-state index in [2.05, 4.69) is 4.74 Å². The Morgan fingerprint density at radius 3 is 1.18 bits per heavy atom. The van der Waals surface area contributed by atoms with E-state index >= 15 is 0 Å². The van der Waals surface area contributed by atoms with E-state index in [0.717, 1.165) is 0 Å². The summed E-state index contributed by atoms with van der Waals surface area (Å²) in [7, 11) is 0. The number of carboxylic acid groups (broad SMARTS) is 2. The zero-order chi connectivity index (χ0) is 14.3. The second-order valence-electron chi connectivity index (χ2n) is 3.03. The highest BCUT2D eigenvalue weighted by molar-refractivity contribution is 5.66. The van der Waals surface area contributed by atoms with Crippen LogP contribution in [-0.2, 0) is 14.3 Å². The summed E-state index contributed by atoms with van der Waals surface area (Å²) in [6.07, 6.45) is -3.08. The van der Waals surface area contributed by atoms with Crippen molar-refractivity contribution in [3.8, 4) is 0 Å². The summed E-state index contributed by atoms with van der Waals surface area (Å²) in [5, 5.41) is 15.4. The van der Waals surface area contributed by atoms with Gasteiger partial charge in [-0.2, -0.15) is 8.78 Å². The highest BCUT2D eigenvalue weighted by Crippen LogP contribution is 2.51. The molecule has 0 aromatic carbocycles. The first-order valence-electron chi connectivity index (χ1n) is 4.70. The van der Waals surface area contributed by atoms with Crippen LogP contribution in [0.5, 0.6) is 0 Å². The van der Waals surface area contributed by atoms with Crippen molar-refractivity contribution >= 4 is 11.9 Å². The Morgan fingerprint density at radius 1 is 1.06 bits per heavy atom. The SMILES string of the molecule is CC1(F)OC1(F)F.CCC(=O)O.CCC(=O)O. The minimum atomic E-state index is -3.52. The summed E-state index contributed by atoms with van der Waals surface area (Å²) >= 11 is 0. The molecule has 1 aliphatic heterocycles. The average Bonchev–Trinajstić information content (AvgIpc) is 2.64. The molecular weight excluding hydrogens is 245 g/mol. The normalized spacial score (nSPS) is 23.4. The molecule has 17 heavy (non-hydrogen) atoms. The molecule has 1 atom stereocenters. The fraction of sp³-hybridized carbons (Fsp3) is 0.778. The highest BCUT2D eigenvalue weighted by Gasteiger charge is 2.73. The second kappa shape index (κ2) is 7.10. The van der Waals surface area contributed by atoms with Gasteiger partial charge in [0.05, 0.1) is 0 Å². The highest BCUT2D eigenvalue weighted by atomic mass is 19.3. The first-order valence-corrected chi connectivity index (χ1v) is 4.70. The number of hydrogen-bond acceptors (Lipinski definition) is 3. The van der Waals surface area contributed by atoms with Gasteiger partial charge in [0, 0.05) is 19.8 Å². The summed E-state index contributed by atoms with van der Waals surface area (Å²) < 4.78 is 37.5. The molecule has 0 aromatic heterocycles. The first-order chi connectivity index (χ1) is 7.50. The molecule has 1 unspecified atom stereocenters. The number of ether oxygens (including phenoxy) is 1. The fourth-order valence-corrected chi connectivity index (χ4v) is 0.215. The zero-order valence-corrected chi connectivity index (χ0v) is 9.67. The van der Waals surface area contributed by atoms with E-state index in [0.29, 0.717) is 6.92 Å². The molecule has 0 radical (unpaired) electrons. The van der Waals surface area contributed by atoms with Gasteiger partial charge >= 0.3 is 23.9 Å². The maximum atomic E-state index is 11.6. The fourth-order valence-electron chi connectivity index (χ4n) is 0.215. The Balaban J connectivity index is 0. The van der Waals surface area contributed by atoms with E-state index in [1.165, 1.54) is 0 Å². The number of halogens is 3. The number of carbonyl (C=O) groups is 2. The van der Waals surface area contributed by atoms with Crippen LogP contribution in [0.1, 0.15) is 33.6 Å². The molecule has 1 fully saturated rings. The predicted molar refractivity (Wildman–Crippen MR) is 51.4 cm³/mol. The Labute approximate surface area is 96.2 Å². The Bertz CT molecular complexity index is 239. The third kappa shape index (κ3) is 9.61. The van der Waals surface area contributed by atoms with Crippen LogP contribution in [0.4, 0.5) is 13.2 Å². The third-order valence-corrected chi connectivity index (χ3v) is 1.40. The van der Waals surface area contributed by atoms with E-state index in [1.807, 2.05) is 0 Å². The van der Waals surface area contributed by atoms with Crippen LogP contribution in [0.2, 0.25) is 0 Å². The molecule has 0 aromatic rings. The van der Waals surface area contributed by atoms with Gasteiger partial charge in [-0.3, -0.25) is 14.3 Å². The number of alkyl halides is 3. The molecule has 1 aliphatic rings. The minimum absolute atomic E-state index is 0.222. The molecule has 0 spiro atoms. The van der Waals surface area contributed by atoms with Crippen molar-refractivity contribution in [2.24, 2.45) is 0 Å². The lowest BCUT2D eigenvalue weighted by molar-refractivity contribution is -0.137. The van der Waals surface area contributed by atoms with Gasteiger partial charge in [0.25, 0.3) is 0 Å². The molecule has 2 N–H and O–H groups in total. The molecule has 0 saturated carbocycles. The maximum absolute atomic E-state index is 11.6. The standard InChI is InChI=1S/C3H3F3O.2C3H6O2/c1-2(4)3(5,6)7-2;2*1-2-3(4)5/h1H3;2*2H2,1H3,(H,4,5). The lowest BCUT2D eigenvalue weighted by Gasteiger charge is -1.83. The number of hydrogen-bond donors (Lipinski definition) is 2. The lowest BCUT2D eigenvalue weighted by Crippen LogP contribution is -2.04. The summed E-state index contributed by atoms with van der Waals surface area (Å²) in [6.45, 7) is 3.89. The monoisotopic (exact) mass is 260 g/mol. The summed E-state index contributed by atoms with van der Waals surface area (Å²) in [5.41, 5.74) is 0. The van der Waals surface area contributed by atoms with Crippen molar-refractivity contribution in [1.82, 2.24) is 0 Å². The Hall–Kier alpha value is -1.31. The third-order valence-electron chi connectivity index (χ3n) is 1.40. The van der Waals surface area contributed by atoms with Crippen molar-refractivity contribution in [3.05, 3.63) is 0 Å². The maximum Gasteiger partial charge on any atom is 0.417 e. The summed E-state index contributed by atoms with van der Waals surface area (Å²) in [5.74, 6) is -4.18. The van der Waals surface area contributed by atoms with Crippen LogP contribution < -0.4 is 0 Å². The van der Waals surface area contributed by atoms with E-state index in [-0.39, 0.29) is 12.8 Å². The van der Waals surface area contributed by atoms with E-state index in [1.54, 1.807) is 13.8 Å². The van der Waals surface area contributed by atoms with Gasteiger partial charge in [0.1, 0.15) is 0 Å². The molecule has 0 amide bonds. The van der Waals surface area contributed by atoms with Crippen LogP contribution in [0.25, 0.3) is 0 Å². The molecule has 1 saturated heterocycles. The average molecular weight is 260 g/mol. The molecule has 8 heteroatoms. The molecule has 0 bridgehead atoms. The Morgan fingerprint density at radius 2 is 1.18 bits per heavy atom. The van der Waals surface area contributed by atoms with Crippen LogP contribution in [0.15, 0.2) is 0 Å². The van der Waals surface area contributed by atoms with Gasteiger partial charge in [0.2, 0.25) is 0 Å². The molecule has 1 heterocycles. The van der Waals surface area contributed by atoms with E-state index in [4.69, 9.17) is 10.2 Å². The van der Waals surface area contributed by atoms with Crippen molar-refractivity contribution in [1.29, 1.82) is 0 Å². The van der Waals surface area contributed by atoms with Gasteiger partial charge in [-0.05, 0) is 0 Å². The van der Waals surface area contributed by atoms with E-state index in [9.17, 15) is 22.8 Å². The van der Waals surface area contributed by atoms with E-state index < -0.39 is 23.9 Å². The van der Waals surface area contributed by atoms with Gasteiger partial charge in [-0.1, -0.05) is 13.8 Å². The molecular formula is C9H15F3O5. The number of carboxylic acids is 2. The largest absolute Gasteiger partial charge is 0.481 e.